The van der Waals surface area contributed by atoms with Crippen molar-refractivity contribution < 1.29 is 14.3 Å². The molecule has 1 heterocycles. The van der Waals surface area contributed by atoms with Crippen LogP contribution in [0.2, 0.25) is 0 Å². The van der Waals surface area contributed by atoms with E-state index in [1.54, 1.807) is 18.2 Å². The standard InChI is InChI=1S/C16H19N3O4/c1-4-9-19-15(20)8-6-12(18-19)16(21)17-11-5-7-13(22-2)14(10-11)23-3/h5-8,10H,4,9H2,1-3H3,(H,17,21). The first-order valence-electron chi connectivity index (χ1n) is 7.20. The first kappa shape index (κ1) is 16.5. The number of carbonyl (C=O) groups excluding carboxylic acids is 1. The number of hydrogen-bond donors (Lipinski definition) is 1. The van der Waals surface area contributed by atoms with E-state index in [2.05, 4.69) is 10.4 Å². The van der Waals surface area contributed by atoms with Gasteiger partial charge in [-0.3, -0.25) is 9.59 Å². The molecule has 0 unspecified atom stereocenters. The third-order valence-corrected chi connectivity index (χ3v) is 3.18. The number of aryl methyl sites for hydroxylation is 1. The third kappa shape index (κ3) is 3.88. The Morgan fingerprint density at radius 2 is 1.91 bits per heavy atom. The number of amides is 1. The molecule has 0 saturated carbocycles. The van der Waals surface area contributed by atoms with Crippen LogP contribution in [0.15, 0.2) is 35.1 Å². The summed E-state index contributed by atoms with van der Waals surface area (Å²) in [6.45, 7) is 2.40. The van der Waals surface area contributed by atoms with Crippen LogP contribution in [0.25, 0.3) is 0 Å². The predicted molar refractivity (Wildman–Crippen MR) is 86.3 cm³/mol. The molecule has 122 valence electrons. The lowest BCUT2D eigenvalue weighted by Crippen LogP contribution is -2.26. The molecule has 0 aliphatic heterocycles. The molecule has 0 fully saturated rings. The Morgan fingerprint density at radius 1 is 1.17 bits per heavy atom. The number of aromatic nitrogens is 2. The first-order valence-corrected chi connectivity index (χ1v) is 7.20. The highest BCUT2D eigenvalue weighted by Gasteiger charge is 2.12. The number of carbonyl (C=O) groups is 1. The second kappa shape index (κ2) is 7.44. The average Bonchev–Trinajstić information content (AvgIpc) is 2.56. The Kier molecular flexibility index (Phi) is 5.35. The number of benzene rings is 1. The average molecular weight is 317 g/mol. The lowest BCUT2D eigenvalue weighted by atomic mass is 10.2. The maximum Gasteiger partial charge on any atom is 0.276 e. The smallest absolute Gasteiger partial charge is 0.276 e. The highest BCUT2D eigenvalue weighted by Crippen LogP contribution is 2.29. The molecule has 0 bridgehead atoms. The van der Waals surface area contributed by atoms with Crippen molar-refractivity contribution in [3.8, 4) is 11.5 Å². The normalized spacial score (nSPS) is 10.2. The van der Waals surface area contributed by atoms with Gasteiger partial charge in [-0.25, -0.2) is 4.68 Å². The van der Waals surface area contributed by atoms with Crippen molar-refractivity contribution >= 4 is 11.6 Å². The molecule has 1 aromatic carbocycles. The molecule has 1 amide bonds. The van der Waals surface area contributed by atoms with Crippen LogP contribution >= 0.6 is 0 Å². The fraction of sp³-hybridized carbons (Fsp3) is 0.312. The van der Waals surface area contributed by atoms with Crippen LogP contribution in [-0.2, 0) is 6.54 Å². The largest absolute Gasteiger partial charge is 0.493 e. The summed E-state index contributed by atoms with van der Waals surface area (Å²) < 4.78 is 11.6. The molecule has 23 heavy (non-hydrogen) atoms. The lowest BCUT2D eigenvalue weighted by molar-refractivity contribution is 0.101. The number of hydrogen-bond acceptors (Lipinski definition) is 5. The molecule has 0 saturated heterocycles. The monoisotopic (exact) mass is 317 g/mol. The summed E-state index contributed by atoms with van der Waals surface area (Å²) in [5.74, 6) is 0.677. The van der Waals surface area contributed by atoms with Gasteiger partial charge in [0.05, 0.1) is 14.2 Å². The van der Waals surface area contributed by atoms with Crippen LogP contribution in [0.5, 0.6) is 11.5 Å². The van der Waals surface area contributed by atoms with E-state index in [-0.39, 0.29) is 11.3 Å². The van der Waals surface area contributed by atoms with Crippen LogP contribution in [0, 0.1) is 0 Å². The Labute approximate surface area is 133 Å². The molecule has 2 rings (SSSR count). The van der Waals surface area contributed by atoms with Crippen molar-refractivity contribution in [1.82, 2.24) is 9.78 Å². The summed E-state index contributed by atoms with van der Waals surface area (Å²) in [7, 11) is 3.06. The molecule has 7 nitrogen and oxygen atoms in total. The minimum atomic E-state index is -0.401. The van der Waals surface area contributed by atoms with Crippen molar-refractivity contribution in [3.63, 3.8) is 0 Å². The summed E-state index contributed by atoms with van der Waals surface area (Å²) in [6.07, 6.45) is 0.758. The number of nitrogens with zero attached hydrogens (tertiary/aromatic N) is 2. The Morgan fingerprint density at radius 3 is 2.57 bits per heavy atom. The number of rotatable bonds is 6. The van der Waals surface area contributed by atoms with Gasteiger partial charge in [0.1, 0.15) is 5.69 Å². The minimum Gasteiger partial charge on any atom is -0.493 e. The molecule has 1 aromatic heterocycles. The second-order valence-electron chi connectivity index (χ2n) is 4.80. The maximum atomic E-state index is 12.3. The van der Waals surface area contributed by atoms with E-state index in [9.17, 15) is 9.59 Å². The molecular weight excluding hydrogens is 298 g/mol. The zero-order valence-electron chi connectivity index (χ0n) is 13.3. The molecule has 1 N–H and O–H groups in total. The van der Waals surface area contributed by atoms with Crippen LogP contribution in [0.4, 0.5) is 5.69 Å². The second-order valence-corrected chi connectivity index (χ2v) is 4.80. The minimum absolute atomic E-state index is 0.174. The highest BCUT2D eigenvalue weighted by atomic mass is 16.5. The van der Waals surface area contributed by atoms with E-state index >= 15 is 0 Å². The zero-order valence-corrected chi connectivity index (χ0v) is 13.3. The van der Waals surface area contributed by atoms with Gasteiger partial charge in [0.15, 0.2) is 11.5 Å². The topological polar surface area (TPSA) is 82.5 Å². The molecule has 0 aliphatic carbocycles. The summed E-state index contributed by atoms with van der Waals surface area (Å²) in [5, 5.41) is 6.79. The van der Waals surface area contributed by atoms with Gasteiger partial charge < -0.3 is 14.8 Å². The summed E-state index contributed by atoms with van der Waals surface area (Å²) in [4.78, 5) is 23.9. The van der Waals surface area contributed by atoms with Crippen LogP contribution in [-0.4, -0.2) is 29.9 Å². The molecule has 0 atom stereocenters. The fourth-order valence-corrected chi connectivity index (χ4v) is 2.05. The molecule has 7 heteroatoms. The van der Waals surface area contributed by atoms with Gasteiger partial charge in [0, 0.05) is 24.4 Å². The van der Waals surface area contributed by atoms with Crippen molar-refractivity contribution in [2.45, 2.75) is 19.9 Å². The fourth-order valence-electron chi connectivity index (χ4n) is 2.05. The molecule has 2 aromatic rings. The van der Waals surface area contributed by atoms with Crippen molar-refractivity contribution in [1.29, 1.82) is 0 Å². The van der Waals surface area contributed by atoms with Gasteiger partial charge in [-0.05, 0) is 24.6 Å². The molecular formula is C16H19N3O4. The van der Waals surface area contributed by atoms with Crippen molar-refractivity contribution in [3.05, 3.63) is 46.4 Å². The number of anilines is 1. The van der Waals surface area contributed by atoms with Gasteiger partial charge in [-0.2, -0.15) is 5.10 Å². The van der Waals surface area contributed by atoms with Gasteiger partial charge in [0.2, 0.25) is 0 Å². The molecule has 0 aliphatic rings. The van der Waals surface area contributed by atoms with Crippen molar-refractivity contribution in [2.24, 2.45) is 0 Å². The van der Waals surface area contributed by atoms with E-state index in [1.165, 1.54) is 31.0 Å². The summed E-state index contributed by atoms with van der Waals surface area (Å²) in [5.41, 5.74) is 0.491. The van der Waals surface area contributed by atoms with Crippen LogP contribution < -0.4 is 20.3 Å². The quantitative estimate of drug-likeness (QED) is 0.880. The first-order chi connectivity index (χ1) is 11.1. The lowest BCUT2D eigenvalue weighted by Gasteiger charge is -2.11. The van der Waals surface area contributed by atoms with Gasteiger partial charge in [0.25, 0.3) is 11.5 Å². The Hall–Kier alpha value is -2.83. The van der Waals surface area contributed by atoms with Crippen LogP contribution in [0.1, 0.15) is 23.8 Å². The summed E-state index contributed by atoms with van der Waals surface area (Å²) >= 11 is 0. The predicted octanol–water partition coefficient (Wildman–Crippen LogP) is 1.92. The number of methoxy groups -OCH3 is 2. The Bertz CT molecular complexity index is 755. The van der Waals surface area contributed by atoms with E-state index < -0.39 is 5.91 Å². The van der Waals surface area contributed by atoms with Crippen LogP contribution in [0.3, 0.4) is 0 Å². The zero-order chi connectivity index (χ0) is 16.8. The van der Waals surface area contributed by atoms with Gasteiger partial charge in [-0.15, -0.1) is 0 Å². The van der Waals surface area contributed by atoms with E-state index in [0.29, 0.717) is 23.7 Å². The Balaban J connectivity index is 2.22. The number of ether oxygens (including phenoxy) is 2. The van der Waals surface area contributed by atoms with Crippen molar-refractivity contribution in [2.75, 3.05) is 19.5 Å². The summed E-state index contributed by atoms with van der Waals surface area (Å²) in [6, 6.07) is 7.79. The maximum absolute atomic E-state index is 12.3. The van der Waals surface area contributed by atoms with E-state index in [4.69, 9.17) is 9.47 Å². The van der Waals surface area contributed by atoms with E-state index in [1.807, 2.05) is 6.92 Å². The third-order valence-electron chi connectivity index (χ3n) is 3.18. The molecule has 0 spiro atoms. The van der Waals surface area contributed by atoms with Gasteiger partial charge >= 0.3 is 0 Å². The number of nitrogens with one attached hydrogen (secondary N) is 1. The highest BCUT2D eigenvalue weighted by molar-refractivity contribution is 6.02. The SMILES string of the molecule is CCCn1nc(C(=O)Nc2ccc(OC)c(OC)c2)ccc1=O. The van der Waals surface area contributed by atoms with Gasteiger partial charge in [-0.1, -0.05) is 6.92 Å². The van der Waals surface area contributed by atoms with E-state index in [0.717, 1.165) is 6.42 Å². The molecule has 0 radical (unpaired) electrons.